The van der Waals surface area contributed by atoms with Gasteiger partial charge in [0.15, 0.2) is 0 Å². The molecule has 1 heterocycles. The predicted octanol–water partition coefficient (Wildman–Crippen LogP) is 1.87. The van der Waals surface area contributed by atoms with E-state index in [1.54, 1.807) is 0 Å². The maximum absolute atomic E-state index is 11.0. The van der Waals surface area contributed by atoms with Crippen molar-refractivity contribution in [1.82, 2.24) is 34.5 Å². The molecule has 2 aromatic carbocycles. The van der Waals surface area contributed by atoms with Crippen LogP contribution in [0, 0.1) is 0 Å². The monoisotopic (exact) mass is 833 g/mol. The third-order valence-corrected chi connectivity index (χ3v) is 12.1. The molecule has 0 unspecified atom stereocenters. The molecule has 320 valence electrons. The third-order valence-electron chi connectivity index (χ3n) is 8.77. The predicted molar refractivity (Wildman–Crippen MR) is 233 cm³/mol. The van der Waals surface area contributed by atoms with Gasteiger partial charge in [-0.3, -0.25) is 0 Å². The number of sulfonamides is 1. The van der Waals surface area contributed by atoms with Crippen molar-refractivity contribution in [2.45, 2.75) is 44.3 Å². The number of likely N-dealkylation sites (N-methyl/N-ethyl adjacent to an activating group) is 4. The first-order chi connectivity index (χ1) is 25.4. The fourth-order valence-corrected chi connectivity index (χ4v) is 7.93. The van der Waals surface area contributed by atoms with Crippen molar-refractivity contribution in [3.63, 3.8) is 0 Å². The van der Waals surface area contributed by atoms with Crippen molar-refractivity contribution >= 4 is 29.7 Å². The number of benzene rings is 2. The first-order valence-corrected chi connectivity index (χ1v) is 24.6. The summed E-state index contributed by atoms with van der Waals surface area (Å²) in [6.45, 7) is 5.08. The van der Waals surface area contributed by atoms with Crippen LogP contribution in [0.4, 0.5) is 0 Å². The zero-order chi connectivity index (χ0) is 42.2. The quantitative estimate of drug-likeness (QED) is 0.287. The number of nitrogens with zero attached hydrogens (tertiary/aromatic N) is 5. The van der Waals surface area contributed by atoms with Crippen molar-refractivity contribution in [2.75, 3.05) is 133 Å². The van der Waals surface area contributed by atoms with E-state index in [9.17, 15) is 25.3 Å². The van der Waals surface area contributed by atoms with Crippen LogP contribution in [0.15, 0.2) is 54.6 Å². The zero-order valence-corrected chi connectivity index (χ0v) is 38.4. The average Bonchev–Trinajstić information content (AvgIpc) is 3.51. The molecule has 0 aromatic heterocycles. The average molecular weight is 834 g/mol. The Morgan fingerprint density at radius 1 is 0.673 bits per heavy atom. The third kappa shape index (κ3) is 30.8. The number of sulfone groups is 2. The highest BCUT2D eigenvalue weighted by molar-refractivity contribution is 7.91. The van der Waals surface area contributed by atoms with Crippen LogP contribution in [0.25, 0.3) is 0 Å². The van der Waals surface area contributed by atoms with Crippen LogP contribution in [-0.2, 0) is 49.1 Å². The molecule has 1 fully saturated rings. The molecule has 0 spiro atoms. The number of rotatable bonds is 14. The summed E-state index contributed by atoms with van der Waals surface area (Å²) in [5.74, 6) is 0.992. The van der Waals surface area contributed by atoms with Gasteiger partial charge in [-0.05, 0) is 113 Å². The van der Waals surface area contributed by atoms with E-state index in [-0.39, 0.29) is 5.75 Å². The smallest absolute Gasteiger partial charge is 0.208 e. The van der Waals surface area contributed by atoms with Crippen LogP contribution in [0.3, 0.4) is 0 Å². The normalized spacial score (nSPS) is 15.7. The summed E-state index contributed by atoms with van der Waals surface area (Å²) in [6, 6.07) is 20.4. The Hall–Kier alpha value is -1.99. The minimum atomic E-state index is -3.00. The molecule has 0 amide bonds. The highest BCUT2D eigenvalue weighted by Crippen LogP contribution is 2.21. The van der Waals surface area contributed by atoms with Crippen molar-refractivity contribution in [3.05, 3.63) is 71.3 Å². The van der Waals surface area contributed by atoms with Crippen LogP contribution in [0.1, 0.15) is 29.5 Å². The summed E-state index contributed by atoms with van der Waals surface area (Å²) < 4.78 is 66.4. The number of hydrogen-bond acceptors (Lipinski definition) is 12. The summed E-state index contributed by atoms with van der Waals surface area (Å²) in [5, 5.41) is 3.31. The molecule has 2 aliphatic rings. The molecule has 1 aliphatic heterocycles. The lowest BCUT2D eigenvalue weighted by Gasteiger charge is -2.27. The molecule has 55 heavy (non-hydrogen) atoms. The Bertz CT molecular complexity index is 1580. The molecular formula is C39H75N7O6S3. The van der Waals surface area contributed by atoms with Gasteiger partial charge in [-0.1, -0.05) is 54.6 Å². The molecular weight excluding hydrogens is 759 g/mol. The second-order valence-corrected chi connectivity index (χ2v) is 21.8. The molecule has 0 bridgehead atoms. The van der Waals surface area contributed by atoms with E-state index in [4.69, 9.17) is 0 Å². The van der Waals surface area contributed by atoms with Crippen molar-refractivity contribution < 1.29 is 25.3 Å². The van der Waals surface area contributed by atoms with E-state index < -0.39 is 29.7 Å². The van der Waals surface area contributed by atoms with Gasteiger partial charge in [0, 0.05) is 57.6 Å². The summed E-state index contributed by atoms with van der Waals surface area (Å²) in [7, 11) is 11.5. The molecule has 4 rings (SSSR count). The summed E-state index contributed by atoms with van der Waals surface area (Å²) in [5.41, 5.74) is 4.42. The Labute approximate surface area is 336 Å². The van der Waals surface area contributed by atoms with Crippen LogP contribution in [0.2, 0.25) is 0 Å². The van der Waals surface area contributed by atoms with Crippen molar-refractivity contribution in [1.29, 1.82) is 0 Å². The first-order valence-electron chi connectivity index (χ1n) is 18.8. The van der Waals surface area contributed by atoms with Crippen LogP contribution in [-0.4, -0.2) is 195 Å². The zero-order valence-electron chi connectivity index (χ0n) is 36.0. The van der Waals surface area contributed by atoms with Crippen molar-refractivity contribution in [2.24, 2.45) is 0 Å². The molecule has 2 N–H and O–H groups in total. The Morgan fingerprint density at radius 3 is 1.53 bits per heavy atom. The van der Waals surface area contributed by atoms with E-state index in [1.165, 1.54) is 35.8 Å². The highest BCUT2D eigenvalue weighted by Gasteiger charge is 2.24. The fourth-order valence-electron chi connectivity index (χ4n) is 5.30. The second kappa shape index (κ2) is 27.6. The second-order valence-electron chi connectivity index (χ2n) is 15.4. The minimum absolute atomic E-state index is 0.250. The number of hydrogen-bond donors (Lipinski definition) is 2. The maximum Gasteiger partial charge on any atom is 0.208 e. The number of fused-ring (bicyclic) bond motifs is 1. The van der Waals surface area contributed by atoms with E-state index in [2.05, 4.69) is 100 Å². The molecule has 0 saturated carbocycles. The van der Waals surface area contributed by atoms with E-state index in [1.807, 2.05) is 59.1 Å². The topological polar surface area (TPSA) is 143 Å². The molecule has 0 radical (unpaired) electrons. The lowest BCUT2D eigenvalue weighted by atomic mass is 10.1. The van der Waals surface area contributed by atoms with Gasteiger partial charge in [-0.25, -0.2) is 30.0 Å². The van der Waals surface area contributed by atoms with Gasteiger partial charge >= 0.3 is 0 Å². The lowest BCUT2D eigenvalue weighted by Crippen LogP contribution is -2.36. The molecule has 2 aromatic rings. The summed E-state index contributed by atoms with van der Waals surface area (Å²) in [6.07, 6.45) is 6.41. The highest BCUT2D eigenvalue weighted by atomic mass is 32.2. The van der Waals surface area contributed by atoms with Gasteiger partial charge in [0.05, 0.1) is 23.5 Å². The SMILES string of the molecule is CN(C)C1CCS(=O)(=O)CC1.CN(C)CCN(C)Cc1ccccc1.CN(C)CCNS(C)(=O)=O.CN(C)CCS(C)(=O)=O.CNC1Cc2ccccc2C1. The van der Waals surface area contributed by atoms with Crippen LogP contribution in [0.5, 0.6) is 0 Å². The van der Waals surface area contributed by atoms with Gasteiger partial charge in [-0.15, -0.1) is 0 Å². The molecule has 1 saturated heterocycles. The van der Waals surface area contributed by atoms with Crippen LogP contribution < -0.4 is 10.0 Å². The van der Waals surface area contributed by atoms with E-state index in [0.717, 1.165) is 45.3 Å². The standard InChI is InChI=1S/C12H20N2.C10H13N.C7H15NO2S.C5H14N2O2S.C5H13NO2S/c1-13(2)9-10-14(3)11-12-7-5-4-6-8-12;1-11-10-6-8-4-2-3-5-9(8)7-10;1-8(2)7-3-5-11(9,10)6-4-7;1-7(2)5-4-6-10(3,8)9;1-6(2)4-5-9(3,7)8/h4-8H,9-11H2,1-3H3;2-5,10-11H,6-7H2,1H3;7H,3-6H2,1-2H3;6H,4-5H2,1-3H3;4-5H2,1-3H3. The first kappa shape index (κ1) is 53.0. The number of nitrogens with one attached hydrogen (secondary N) is 2. The maximum atomic E-state index is 11.0. The Balaban J connectivity index is 0.000000669. The summed E-state index contributed by atoms with van der Waals surface area (Å²) in [4.78, 5) is 10.4. The fraction of sp³-hybridized carbons (Fsp3) is 0.692. The van der Waals surface area contributed by atoms with Gasteiger partial charge in [0.1, 0.15) is 19.7 Å². The Morgan fingerprint density at radius 2 is 1.15 bits per heavy atom. The van der Waals surface area contributed by atoms with Gasteiger partial charge < -0.3 is 29.8 Å². The van der Waals surface area contributed by atoms with Crippen molar-refractivity contribution in [3.8, 4) is 0 Å². The minimum Gasteiger partial charge on any atom is -0.316 e. The Kier molecular flexibility index (Phi) is 26.6. The van der Waals surface area contributed by atoms with Crippen LogP contribution >= 0.6 is 0 Å². The van der Waals surface area contributed by atoms with E-state index >= 15 is 0 Å². The lowest BCUT2D eigenvalue weighted by molar-refractivity contribution is 0.274. The molecule has 16 heteroatoms. The molecule has 13 nitrogen and oxygen atoms in total. The molecule has 0 atom stereocenters. The summed E-state index contributed by atoms with van der Waals surface area (Å²) >= 11 is 0. The van der Waals surface area contributed by atoms with Gasteiger partial charge in [0.25, 0.3) is 0 Å². The molecule has 1 aliphatic carbocycles. The van der Waals surface area contributed by atoms with E-state index in [0.29, 0.717) is 36.7 Å². The largest absolute Gasteiger partial charge is 0.316 e. The van der Waals surface area contributed by atoms with Gasteiger partial charge in [-0.2, -0.15) is 0 Å². The van der Waals surface area contributed by atoms with Gasteiger partial charge in [0.2, 0.25) is 10.0 Å².